The van der Waals surface area contributed by atoms with E-state index in [0.717, 1.165) is 113 Å². The van der Waals surface area contributed by atoms with E-state index < -0.39 is 5.41 Å². The van der Waals surface area contributed by atoms with Gasteiger partial charge >= 0.3 is 0 Å². The minimum Gasteiger partial charge on any atom is -0.460 e. The SMILES string of the molecule is CC(C)(C)c1ccc(N(C2=CC3=C(Cc4oc5ccccc5c42)c2ccc(N(c4ccc(C(C)(C)C)cc4)c4ccc5c6c(oc5c4)CC=CC=C6)cc2C32C3=C(CC=CC=C3)c3ccccc32)c2ccc3c(c2)oc2ccccc23)cc1. The first-order valence-electron chi connectivity index (χ1n) is 29.3. The molecule has 0 radical (unpaired) electrons. The molecule has 0 bridgehead atoms. The van der Waals surface area contributed by atoms with Crippen molar-refractivity contribution in [3.63, 3.8) is 0 Å². The lowest BCUT2D eigenvalue weighted by atomic mass is 9.68. The molecule has 5 heteroatoms. The zero-order chi connectivity index (χ0) is 55.9. The van der Waals surface area contributed by atoms with Crippen molar-refractivity contribution in [1.82, 2.24) is 0 Å². The Balaban J connectivity index is 0.975. The van der Waals surface area contributed by atoms with Gasteiger partial charge in [-0.25, -0.2) is 0 Å². The molecule has 83 heavy (non-hydrogen) atoms. The van der Waals surface area contributed by atoms with Crippen molar-refractivity contribution in [1.29, 1.82) is 0 Å². The number of hydrogen-bond donors (Lipinski definition) is 0. The van der Waals surface area contributed by atoms with Crippen LogP contribution in [0.2, 0.25) is 0 Å². The largest absolute Gasteiger partial charge is 0.460 e. The summed E-state index contributed by atoms with van der Waals surface area (Å²) in [5.74, 6) is 1.92. The van der Waals surface area contributed by atoms with Crippen molar-refractivity contribution in [3.8, 4) is 0 Å². The number of para-hydroxylation sites is 2. The molecule has 1 spiro atoms. The molecule has 5 nitrogen and oxygen atoms in total. The second kappa shape index (κ2) is 18.2. The molecule has 1 atom stereocenters. The number of allylic oxidation sites excluding steroid dienone is 12. The smallest absolute Gasteiger partial charge is 0.137 e. The molecule has 0 saturated carbocycles. The molecular formula is C78H62N2O3. The topological polar surface area (TPSA) is 45.9 Å². The predicted molar refractivity (Wildman–Crippen MR) is 344 cm³/mol. The molecular weight excluding hydrogens is 1010 g/mol. The molecule has 11 aromatic rings. The predicted octanol–water partition coefficient (Wildman–Crippen LogP) is 21.0. The molecule has 1 unspecified atom stereocenters. The third-order valence-corrected chi connectivity index (χ3v) is 18.2. The Hall–Kier alpha value is -9.58. The Kier molecular flexibility index (Phi) is 10.8. The van der Waals surface area contributed by atoms with Crippen molar-refractivity contribution in [2.24, 2.45) is 0 Å². The van der Waals surface area contributed by atoms with Gasteiger partial charge in [-0.3, -0.25) is 0 Å². The maximum atomic E-state index is 7.27. The van der Waals surface area contributed by atoms with Crippen molar-refractivity contribution in [2.45, 2.75) is 77.0 Å². The van der Waals surface area contributed by atoms with E-state index >= 15 is 0 Å². The van der Waals surface area contributed by atoms with E-state index in [1.165, 1.54) is 55.7 Å². The van der Waals surface area contributed by atoms with Gasteiger partial charge in [-0.2, -0.15) is 0 Å². The van der Waals surface area contributed by atoms with Crippen LogP contribution in [-0.4, -0.2) is 0 Å². The minimum absolute atomic E-state index is 0.0142. The molecule has 0 saturated heterocycles. The number of nitrogens with zero attached hydrogens (tertiary/aromatic N) is 2. The van der Waals surface area contributed by atoms with Crippen molar-refractivity contribution in [3.05, 3.63) is 292 Å². The molecule has 3 aromatic heterocycles. The van der Waals surface area contributed by atoms with Gasteiger partial charge in [0.2, 0.25) is 0 Å². The highest BCUT2D eigenvalue weighted by Crippen LogP contribution is 2.65. The van der Waals surface area contributed by atoms with Gasteiger partial charge in [-0.1, -0.05) is 181 Å². The maximum absolute atomic E-state index is 7.27. The monoisotopic (exact) mass is 1070 g/mol. The lowest BCUT2D eigenvalue weighted by Crippen LogP contribution is -2.29. The van der Waals surface area contributed by atoms with Gasteiger partial charge in [-0.15, -0.1) is 0 Å². The standard InChI is InChI=1S/C78H62N2O3/c1-76(2,3)48-29-33-50(34-30-48)79(53-38-41-60-58-21-10-8-12-26-69(58)81-72(60)44-53)52-37-40-57-63-46-74-75(62-23-15-18-28-71(62)83-74)68(47-67(63)78(66(57)43-52)64-24-11-7-9-19-55(64)56-20-13-16-25-65(56)78)80(51-35-31-49(32-36-51)77(4,5)6)54-39-42-61-59-22-14-17-27-70(59)82-73(61)45-54/h7-18,20-25,27-45,47H,19,26,46H2,1-6H3. The highest BCUT2D eigenvalue weighted by molar-refractivity contribution is 6.09. The Bertz CT molecular complexity index is 4770. The van der Waals surface area contributed by atoms with Crippen LogP contribution in [0.15, 0.2) is 249 Å². The maximum Gasteiger partial charge on any atom is 0.137 e. The summed E-state index contributed by atoms with van der Waals surface area (Å²) in [5, 5.41) is 4.39. The molecule has 0 N–H and O–H groups in total. The average molecular weight is 1080 g/mol. The Morgan fingerprint density at radius 2 is 0.964 bits per heavy atom. The summed E-state index contributed by atoms with van der Waals surface area (Å²) in [6, 6.07) is 65.3. The van der Waals surface area contributed by atoms with Gasteiger partial charge in [0.05, 0.1) is 11.1 Å². The summed E-state index contributed by atoms with van der Waals surface area (Å²) >= 11 is 0. The second-order valence-corrected chi connectivity index (χ2v) is 25.1. The van der Waals surface area contributed by atoms with Gasteiger partial charge in [0.15, 0.2) is 0 Å². The minimum atomic E-state index is -0.728. The van der Waals surface area contributed by atoms with Crippen LogP contribution in [0.4, 0.5) is 28.4 Å². The van der Waals surface area contributed by atoms with Crippen LogP contribution < -0.4 is 9.80 Å². The van der Waals surface area contributed by atoms with Gasteiger partial charge < -0.3 is 23.1 Å². The summed E-state index contributed by atoms with van der Waals surface area (Å²) < 4.78 is 20.8. The fourth-order valence-corrected chi connectivity index (χ4v) is 14.2. The second-order valence-electron chi connectivity index (χ2n) is 25.1. The third kappa shape index (κ3) is 7.53. The number of fused-ring (bicyclic) bond motifs is 17. The number of anilines is 5. The summed E-state index contributed by atoms with van der Waals surface area (Å²) in [6.07, 6.45) is 22.5. The lowest BCUT2D eigenvalue weighted by Gasteiger charge is -2.35. The van der Waals surface area contributed by atoms with Gasteiger partial charge in [0, 0.05) is 86.1 Å². The average Bonchev–Trinajstić information content (AvgIpc) is 3.08. The van der Waals surface area contributed by atoms with Crippen LogP contribution in [0.1, 0.15) is 104 Å². The van der Waals surface area contributed by atoms with E-state index in [9.17, 15) is 0 Å². The first kappa shape index (κ1) is 49.3. The summed E-state index contributed by atoms with van der Waals surface area (Å²) in [7, 11) is 0. The fourth-order valence-electron chi connectivity index (χ4n) is 14.2. The number of hydrogen-bond acceptors (Lipinski definition) is 5. The van der Waals surface area contributed by atoms with Crippen LogP contribution in [0.5, 0.6) is 0 Å². The van der Waals surface area contributed by atoms with Crippen molar-refractivity contribution < 1.29 is 13.3 Å². The van der Waals surface area contributed by atoms with Crippen molar-refractivity contribution in [2.75, 3.05) is 9.80 Å². The zero-order valence-electron chi connectivity index (χ0n) is 47.7. The highest BCUT2D eigenvalue weighted by Gasteiger charge is 2.54. The number of furan rings is 3. The zero-order valence-corrected chi connectivity index (χ0v) is 47.7. The summed E-state index contributed by atoms with van der Waals surface area (Å²) in [4.78, 5) is 4.90. The first-order chi connectivity index (χ1) is 40.4. The molecule has 16 rings (SSSR count). The van der Waals surface area contributed by atoms with E-state index in [1.54, 1.807) is 0 Å². The number of rotatable bonds is 6. The summed E-state index contributed by atoms with van der Waals surface area (Å²) in [6.45, 7) is 13.7. The molecule has 0 fully saturated rings. The number of benzene rings is 8. The Morgan fingerprint density at radius 3 is 1.71 bits per heavy atom. The van der Waals surface area contributed by atoms with Crippen LogP contribution in [0, 0.1) is 0 Å². The molecule has 8 aromatic carbocycles. The highest BCUT2D eigenvalue weighted by atomic mass is 16.3. The third-order valence-electron chi connectivity index (χ3n) is 18.2. The Labute approximate surface area is 484 Å². The van der Waals surface area contributed by atoms with Crippen LogP contribution >= 0.6 is 0 Å². The first-order valence-corrected chi connectivity index (χ1v) is 29.3. The Morgan fingerprint density at radius 1 is 0.410 bits per heavy atom. The molecule has 0 amide bonds. The van der Waals surface area contributed by atoms with Crippen LogP contribution in [-0.2, 0) is 29.1 Å². The quantitative estimate of drug-likeness (QED) is 0.166. The molecule has 3 heterocycles. The van der Waals surface area contributed by atoms with Crippen molar-refractivity contribution >= 4 is 95.2 Å². The molecule has 5 aliphatic rings. The van der Waals surface area contributed by atoms with E-state index in [1.807, 2.05) is 6.07 Å². The van der Waals surface area contributed by atoms with E-state index in [0.29, 0.717) is 6.42 Å². The molecule has 5 aliphatic carbocycles. The van der Waals surface area contributed by atoms with Crippen LogP contribution in [0.3, 0.4) is 0 Å². The van der Waals surface area contributed by atoms with Crippen LogP contribution in [0.25, 0.3) is 66.8 Å². The van der Waals surface area contributed by atoms with E-state index in [-0.39, 0.29) is 10.8 Å². The van der Waals surface area contributed by atoms with Gasteiger partial charge in [0.1, 0.15) is 33.9 Å². The van der Waals surface area contributed by atoms with E-state index in [2.05, 4.69) is 276 Å². The van der Waals surface area contributed by atoms with Gasteiger partial charge in [0.25, 0.3) is 0 Å². The molecule has 0 aliphatic heterocycles. The lowest BCUT2D eigenvalue weighted by molar-refractivity contribution is 0.564. The molecule has 402 valence electrons. The van der Waals surface area contributed by atoms with E-state index in [4.69, 9.17) is 13.3 Å². The van der Waals surface area contributed by atoms with Gasteiger partial charge in [-0.05, 0) is 152 Å². The fraction of sp³-hybridized carbons (Fsp3) is 0.154. The summed E-state index contributed by atoms with van der Waals surface area (Å²) in [5.41, 5.74) is 23.9. The normalized spacial score (nSPS) is 17.0.